The normalized spacial score (nSPS) is 20.6. The average Bonchev–Trinajstić information content (AvgIpc) is 2.84. The minimum atomic E-state index is -0.290. The molecule has 0 bridgehead atoms. The van der Waals surface area contributed by atoms with E-state index in [0.29, 0.717) is 45.8 Å². The zero-order valence-corrected chi connectivity index (χ0v) is 14.1. The molecule has 0 aliphatic carbocycles. The molecule has 0 N–H and O–H groups in total. The first-order valence-corrected chi connectivity index (χ1v) is 8.60. The Balaban J connectivity index is 1.58. The van der Waals surface area contributed by atoms with Crippen LogP contribution >= 0.6 is 0 Å². The molecular formula is C18H24N2O4. The number of piperazine rings is 1. The van der Waals surface area contributed by atoms with Crippen LogP contribution in [-0.4, -0.2) is 61.2 Å². The van der Waals surface area contributed by atoms with Gasteiger partial charge in [-0.05, 0) is 31.4 Å². The molecule has 0 spiro atoms. The van der Waals surface area contributed by atoms with E-state index >= 15 is 0 Å². The molecule has 6 nitrogen and oxygen atoms in total. The first kappa shape index (κ1) is 16.6. The van der Waals surface area contributed by atoms with Gasteiger partial charge in [-0.1, -0.05) is 18.2 Å². The zero-order chi connectivity index (χ0) is 16.9. The van der Waals surface area contributed by atoms with E-state index in [9.17, 15) is 9.59 Å². The van der Waals surface area contributed by atoms with Crippen LogP contribution < -0.4 is 4.74 Å². The Morgan fingerprint density at radius 1 is 1.17 bits per heavy atom. The Kier molecular flexibility index (Phi) is 5.23. The molecule has 0 unspecified atom stereocenters. The van der Waals surface area contributed by atoms with Gasteiger partial charge < -0.3 is 19.3 Å². The largest absolute Gasteiger partial charge is 0.493 e. The summed E-state index contributed by atoms with van der Waals surface area (Å²) in [5.41, 5.74) is 1.10. The van der Waals surface area contributed by atoms with Gasteiger partial charge in [0, 0.05) is 32.1 Å². The summed E-state index contributed by atoms with van der Waals surface area (Å²) in [6.45, 7) is 4.93. The number of amides is 2. The van der Waals surface area contributed by atoms with Crippen molar-refractivity contribution in [1.82, 2.24) is 9.80 Å². The molecule has 1 saturated heterocycles. The van der Waals surface area contributed by atoms with Crippen LogP contribution in [-0.2, 0) is 16.0 Å². The molecule has 0 aromatic heterocycles. The van der Waals surface area contributed by atoms with E-state index in [1.165, 1.54) is 0 Å². The van der Waals surface area contributed by atoms with Gasteiger partial charge >= 0.3 is 6.09 Å². The van der Waals surface area contributed by atoms with Crippen LogP contribution in [0.1, 0.15) is 18.9 Å². The highest BCUT2D eigenvalue weighted by atomic mass is 16.6. The van der Waals surface area contributed by atoms with Crippen LogP contribution in [0.4, 0.5) is 4.79 Å². The molecule has 2 amide bonds. The molecule has 1 aromatic rings. The van der Waals surface area contributed by atoms with Crippen molar-refractivity contribution in [1.29, 1.82) is 0 Å². The Morgan fingerprint density at radius 2 is 1.88 bits per heavy atom. The van der Waals surface area contributed by atoms with Crippen LogP contribution in [0.3, 0.4) is 0 Å². The minimum Gasteiger partial charge on any atom is -0.493 e. The first-order chi connectivity index (χ1) is 11.7. The second kappa shape index (κ2) is 7.55. The fraction of sp³-hybridized carbons (Fsp3) is 0.556. The number of hydrogen-bond acceptors (Lipinski definition) is 4. The highest BCUT2D eigenvalue weighted by Crippen LogP contribution is 2.27. The highest BCUT2D eigenvalue weighted by molar-refractivity contribution is 5.80. The number of hydrogen-bond donors (Lipinski definition) is 0. The van der Waals surface area contributed by atoms with Crippen LogP contribution in [0.25, 0.3) is 0 Å². The number of ether oxygens (including phenoxy) is 2. The average molecular weight is 332 g/mol. The summed E-state index contributed by atoms with van der Waals surface area (Å²) in [4.78, 5) is 28.1. The Bertz CT molecular complexity index is 596. The predicted octanol–water partition coefficient (Wildman–Crippen LogP) is 1.93. The van der Waals surface area contributed by atoms with E-state index in [4.69, 9.17) is 9.47 Å². The standard InChI is InChI=1S/C18H24N2O4/c1-2-23-18(22)20-10-8-19(9-11-20)17(21)15-7-12-24-16-6-4-3-5-14(16)13-15/h3-6,15H,2,7-13H2,1H3/t15-/m1/s1. The van der Waals surface area contributed by atoms with Gasteiger partial charge in [0.05, 0.1) is 13.2 Å². The first-order valence-electron chi connectivity index (χ1n) is 8.60. The monoisotopic (exact) mass is 332 g/mol. The lowest BCUT2D eigenvalue weighted by Gasteiger charge is -2.35. The Labute approximate surface area is 142 Å². The number of fused-ring (bicyclic) bond motifs is 1. The second-order valence-corrected chi connectivity index (χ2v) is 6.16. The second-order valence-electron chi connectivity index (χ2n) is 6.16. The summed E-state index contributed by atoms with van der Waals surface area (Å²) in [6, 6.07) is 7.92. The molecule has 24 heavy (non-hydrogen) atoms. The Hall–Kier alpha value is -2.24. The fourth-order valence-electron chi connectivity index (χ4n) is 3.29. The highest BCUT2D eigenvalue weighted by Gasteiger charge is 2.31. The van der Waals surface area contributed by atoms with Gasteiger partial charge in [0.25, 0.3) is 0 Å². The van der Waals surface area contributed by atoms with Crippen LogP contribution in [0.2, 0.25) is 0 Å². The van der Waals surface area contributed by atoms with E-state index in [1.54, 1.807) is 11.8 Å². The summed E-state index contributed by atoms with van der Waals surface area (Å²) >= 11 is 0. The van der Waals surface area contributed by atoms with Gasteiger partial charge in [-0.15, -0.1) is 0 Å². The van der Waals surface area contributed by atoms with Gasteiger partial charge in [0.1, 0.15) is 5.75 Å². The lowest BCUT2D eigenvalue weighted by molar-refractivity contribution is -0.137. The maximum Gasteiger partial charge on any atom is 0.409 e. The van der Waals surface area contributed by atoms with Crippen molar-refractivity contribution in [3.8, 4) is 5.75 Å². The quantitative estimate of drug-likeness (QED) is 0.830. The van der Waals surface area contributed by atoms with E-state index in [2.05, 4.69) is 0 Å². The van der Waals surface area contributed by atoms with Crippen molar-refractivity contribution in [2.24, 2.45) is 5.92 Å². The predicted molar refractivity (Wildman–Crippen MR) is 88.9 cm³/mol. The van der Waals surface area contributed by atoms with E-state index < -0.39 is 0 Å². The van der Waals surface area contributed by atoms with Crippen molar-refractivity contribution in [2.75, 3.05) is 39.4 Å². The van der Waals surface area contributed by atoms with Crippen molar-refractivity contribution in [2.45, 2.75) is 19.8 Å². The topological polar surface area (TPSA) is 59.1 Å². The van der Waals surface area contributed by atoms with Crippen molar-refractivity contribution >= 4 is 12.0 Å². The third-order valence-electron chi connectivity index (χ3n) is 4.63. The van der Waals surface area contributed by atoms with Crippen LogP contribution in [0.5, 0.6) is 5.75 Å². The van der Waals surface area contributed by atoms with E-state index in [1.807, 2.05) is 29.2 Å². The maximum absolute atomic E-state index is 12.9. The SMILES string of the molecule is CCOC(=O)N1CCN(C(=O)[C@@H]2CCOc3ccccc3C2)CC1. The fourth-order valence-corrected chi connectivity index (χ4v) is 3.29. The molecule has 1 aromatic carbocycles. The van der Waals surface area contributed by atoms with Gasteiger partial charge in [0.15, 0.2) is 0 Å². The summed E-state index contributed by atoms with van der Waals surface area (Å²) in [5.74, 6) is 1.00. The molecule has 3 rings (SSSR count). The summed E-state index contributed by atoms with van der Waals surface area (Å²) in [7, 11) is 0. The number of benzene rings is 1. The summed E-state index contributed by atoms with van der Waals surface area (Å²) in [6.07, 6.45) is 1.15. The van der Waals surface area contributed by atoms with Gasteiger partial charge in [-0.3, -0.25) is 4.79 Å². The number of para-hydroxylation sites is 1. The molecule has 1 fully saturated rings. The minimum absolute atomic E-state index is 0.0530. The lowest BCUT2D eigenvalue weighted by atomic mass is 9.95. The van der Waals surface area contributed by atoms with E-state index in [0.717, 1.165) is 17.7 Å². The number of rotatable bonds is 2. The zero-order valence-electron chi connectivity index (χ0n) is 14.1. The molecule has 2 heterocycles. The maximum atomic E-state index is 12.9. The molecule has 0 saturated carbocycles. The molecule has 1 atom stereocenters. The molecular weight excluding hydrogens is 308 g/mol. The van der Waals surface area contributed by atoms with Gasteiger partial charge in [-0.2, -0.15) is 0 Å². The van der Waals surface area contributed by atoms with Crippen molar-refractivity contribution < 1.29 is 19.1 Å². The van der Waals surface area contributed by atoms with E-state index in [-0.39, 0.29) is 17.9 Å². The molecule has 130 valence electrons. The molecule has 2 aliphatic heterocycles. The van der Waals surface area contributed by atoms with Crippen molar-refractivity contribution in [3.05, 3.63) is 29.8 Å². The van der Waals surface area contributed by atoms with Gasteiger partial charge in [-0.25, -0.2) is 4.79 Å². The van der Waals surface area contributed by atoms with Crippen molar-refractivity contribution in [3.63, 3.8) is 0 Å². The lowest BCUT2D eigenvalue weighted by Crippen LogP contribution is -2.52. The number of carbonyl (C=O) groups excluding carboxylic acids is 2. The van der Waals surface area contributed by atoms with Crippen LogP contribution in [0.15, 0.2) is 24.3 Å². The number of carbonyl (C=O) groups is 2. The van der Waals surface area contributed by atoms with Gasteiger partial charge in [0.2, 0.25) is 5.91 Å². The third kappa shape index (κ3) is 3.63. The summed E-state index contributed by atoms with van der Waals surface area (Å²) in [5, 5.41) is 0. The molecule has 0 radical (unpaired) electrons. The smallest absolute Gasteiger partial charge is 0.409 e. The molecule has 2 aliphatic rings. The molecule has 6 heteroatoms. The third-order valence-corrected chi connectivity index (χ3v) is 4.63. The summed E-state index contributed by atoms with van der Waals surface area (Å²) < 4.78 is 10.8. The number of nitrogens with zero attached hydrogens (tertiary/aromatic N) is 2. The Morgan fingerprint density at radius 3 is 2.62 bits per heavy atom. The van der Waals surface area contributed by atoms with Crippen LogP contribution in [0, 0.1) is 5.92 Å².